The van der Waals surface area contributed by atoms with Crippen LogP contribution in [0.15, 0.2) is 65.2 Å². The van der Waals surface area contributed by atoms with Crippen molar-refractivity contribution in [2.45, 2.75) is 25.8 Å². The number of hydrogen-bond acceptors (Lipinski definition) is 6. The summed E-state index contributed by atoms with van der Waals surface area (Å²) in [6.45, 7) is 2.94. The average Bonchev–Trinajstić information content (AvgIpc) is 3.21. The number of aromatic hydroxyl groups is 1. The summed E-state index contributed by atoms with van der Waals surface area (Å²) in [7, 11) is 0. The lowest BCUT2D eigenvalue weighted by molar-refractivity contribution is -0.124. The van der Waals surface area contributed by atoms with Gasteiger partial charge < -0.3 is 20.3 Å². The first-order valence-corrected chi connectivity index (χ1v) is 10.6. The van der Waals surface area contributed by atoms with Gasteiger partial charge >= 0.3 is 0 Å². The number of piperidine rings is 1. The maximum atomic E-state index is 13.2. The van der Waals surface area contributed by atoms with Crippen molar-refractivity contribution in [2.24, 2.45) is 5.92 Å². The topological polar surface area (TPSA) is 108 Å². The minimum absolute atomic E-state index is 0.0437. The van der Waals surface area contributed by atoms with Crippen LogP contribution in [-0.2, 0) is 9.59 Å². The molecule has 3 aromatic rings. The van der Waals surface area contributed by atoms with Crippen molar-refractivity contribution in [3.63, 3.8) is 0 Å². The predicted octanol–water partition coefficient (Wildman–Crippen LogP) is 3.72. The van der Waals surface area contributed by atoms with Gasteiger partial charge in [-0.1, -0.05) is 47.6 Å². The van der Waals surface area contributed by atoms with Crippen LogP contribution in [-0.4, -0.2) is 40.1 Å². The second-order valence-electron chi connectivity index (χ2n) is 7.94. The fraction of sp³-hybridized carbons (Fsp3) is 0.292. The number of rotatable bonds is 6. The molecule has 1 saturated heterocycles. The molecule has 8 heteroatoms. The molecule has 1 aromatic heterocycles. The molecule has 0 saturated carbocycles. The van der Waals surface area contributed by atoms with Crippen LogP contribution >= 0.6 is 0 Å². The van der Waals surface area contributed by atoms with Crippen molar-refractivity contribution in [3.8, 4) is 5.75 Å². The number of carbonyl (C=O) groups is 2. The van der Waals surface area contributed by atoms with Crippen LogP contribution in [0.5, 0.6) is 5.75 Å². The van der Waals surface area contributed by atoms with Gasteiger partial charge in [-0.25, -0.2) is 0 Å². The molecule has 2 aromatic carbocycles. The molecule has 4 rings (SSSR count). The van der Waals surface area contributed by atoms with Gasteiger partial charge in [0, 0.05) is 12.0 Å². The lowest BCUT2D eigenvalue weighted by atomic mass is 9.93. The Morgan fingerprint density at radius 2 is 1.75 bits per heavy atom. The maximum Gasteiger partial charge on any atom is 0.247 e. The lowest BCUT2D eigenvalue weighted by Crippen LogP contribution is -2.44. The van der Waals surface area contributed by atoms with Crippen LogP contribution in [0.1, 0.15) is 30.2 Å². The summed E-state index contributed by atoms with van der Waals surface area (Å²) in [6.07, 6.45) is 1.22. The van der Waals surface area contributed by atoms with Crippen molar-refractivity contribution < 1.29 is 19.2 Å². The number of benzene rings is 2. The summed E-state index contributed by atoms with van der Waals surface area (Å²) < 4.78 is 5.05. The zero-order valence-corrected chi connectivity index (χ0v) is 17.8. The van der Waals surface area contributed by atoms with Crippen LogP contribution in [0, 0.1) is 12.8 Å². The van der Waals surface area contributed by atoms with E-state index >= 15 is 0 Å². The normalized spacial score (nSPS) is 15.8. The summed E-state index contributed by atoms with van der Waals surface area (Å²) in [4.78, 5) is 28.0. The molecular formula is C24H26N4O4. The molecule has 1 aliphatic heterocycles. The third-order valence-electron chi connectivity index (χ3n) is 5.67. The van der Waals surface area contributed by atoms with Gasteiger partial charge in [0.15, 0.2) is 5.82 Å². The maximum absolute atomic E-state index is 13.2. The lowest BCUT2D eigenvalue weighted by Gasteiger charge is -2.36. The van der Waals surface area contributed by atoms with E-state index in [2.05, 4.69) is 20.7 Å². The summed E-state index contributed by atoms with van der Waals surface area (Å²) in [5.74, 6) is 0.537. The predicted molar refractivity (Wildman–Crippen MR) is 120 cm³/mol. The molecule has 0 radical (unpaired) electrons. The molecule has 2 heterocycles. The highest BCUT2D eigenvalue weighted by Gasteiger charge is 2.33. The van der Waals surface area contributed by atoms with E-state index in [0.29, 0.717) is 43.2 Å². The number of hydrogen-bond donors (Lipinski definition) is 3. The number of amides is 2. The molecule has 1 unspecified atom stereocenters. The second-order valence-corrected chi connectivity index (χ2v) is 7.94. The Kier molecular flexibility index (Phi) is 6.51. The standard InChI is InChI=1S/C24H26N4O4/c1-16-15-21(27-32-16)26-24(31)22(17-7-3-2-4-8-17)28-13-11-18(12-14-28)23(30)25-19-9-5-6-10-20(19)29/h2-10,15,18,22,29H,11-14H2,1H3,(H,25,30)(H,26,27,31). The van der Waals surface area contributed by atoms with E-state index in [1.807, 2.05) is 30.3 Å². The van der Waals surface area contributed by atoms with E-state index in [4.69, 9.17) is 4.52 Å². The number of anilines is 2. The zero-order valence-electron chi connectivity index (χ0n) is 17.8. The molecule has 3 N–H and O–H groups in total. The summed E-state index contributed by atoms with van der Waals surface area (Å²) in [5.41, 5.74) is 1.28. The first kappa shape index (κ1) is 21.6. The Morgan fingerprint density at radius 1 is 1.06 bits per heavy atom. The van der Waals surface area contributed by atoms with E-state index in [-0.39, 0.29) is 23.5 Å². The van der Waals surface area contributed by atoms with E-state index in [1.165, 1.54) is 6.07 Å². The Bertz CT molecular complexity index is 1070. The van der Waals surface area contributed by atoms with E-state index in [1.54, 1.807) is 31.2 Å². The highest BCUT2D eigenvalue weighted by atomic mass is 16.5. The number of phenols is 1. The van der Waals surface area contributed by atoms with Gasteiger partial charge in [-0.3, -0.25) is 14.5 Å². The number of para-hydroxylation sites is 2. The van der Waals surface area contributed by atoms with Crippen LogP contribution in [0.3, 0.4) is 0 Å². The van der Waals surface area contributed by atoms with Gasteiger partial charge in [-0.2, -0.15) is 0 Å². The van der Waals surface area contributed by atoms with Crippen molar-refractivity contribution in [3.05, 3.63) is 72.0 Å². The number of aromatic nitrogens is 1. The Morgan fingerprint density at radius 3 is 2.41 bits per heavy atom. The Hall–Kier alpha value is -3.65. The number of likely N-dealkylation sites (tertiary alicyclic amines) is 1. The second kappa shape index (κ2) is 9.65. The Labute approximate surface area is 186 Å². The van der Waals surface area contributed by atoms with Gasteiger partial charge in [0.05, 0.1) is 5.69 Å². The zero-order chi connectivity index (χ0) is 22.5. The van der Waals surface area contributed by atoms with Gasteiger partial charge in [-0.15, -0.1) is 0 Å². The van der Waals surface area contributed by atoms with Gasteiger partial charge in [-0.05, 0) is 50.6 Å². The van der Waals surface area contributed by atoms with Crippen molar-refractivity contribution in [1.82, 2.24) is 10.1 Å². The molecule has 32 heavy (non-hydrogen) atoms. The third kappa shape index (κ3) is 4.97. The molecule has 1 aliphatic rings. The van der Waals surface area contributed by atoms with Crippen molar-refractivity contribution in [2.75, 3.05) is 23.7 Å². The SMILES string of the molecule is Cc1cc(NC(=O)C(c2ccccc2)N2CCC(C(=O)Nc3ccccc3O)CC2)no1. The van der Waals surface area contributed by atoms with E-state index in [9.17, 15) is 14.7 Å². The number of nitrogens with one attached hydrogen (secondary N) is 2. The van der Waals surface area contributed by atoms with Crippen molar-refractivity contribution in [1.29, 1.82) is 0 Å². The number of phenolic OH excluding ortho intramolecular Hbond substituents is 1. The molecule has 1 fully saturated rings. The van der Waals surface area contributed by atoms with Crippen LogP contribution in [0.4, 0.5) is 11.5 Å². The minimum Gasteiger partial charge on any atom is -0.506 e. The number of aryl methyl sites for hydroxylation is 1. The van der Waals surface area contributed by atoms with Crippen LogP contribution < -0.4 is 10.6 Å². The molecular weight excluding hydrogens is 408 g/mol. The number of carbonyl (C=O) groups excluding carboxylic acids is 2. The monoisotopic (exact) mass is 434 g/mol. The largest absolute Gasteiger partial charge is 0.506 e. The summed E-state index contributed by atoms with van der Waals surface area (Å²) >= 11 is 0. The summed E-state index contributed by atoms with van der Waals surface area (Å²) in [5, 5.41) is 19.4. The van der Waals surface area contributed by atoms with Gasteiger partial charge in [0.2, 0.25) is 11.8 Å². The molecule has 0 spiro atoms. The van der Waals surface area contributed by atoms with Gasteiger partial charge in [0.1, 0.15) is 17.6 Å². The van der Waals surface area contributed by atoms with Crippen LogP contribution in [0.25, 0.3) is 0 Å². The highest BCUT2D eigenvalue weighted by Crippen LogP contribution is 2.30. The van der Waals surface area contributed by atoms with E-state index < -0.39 is 6.04 Å². The molecule has 0 bridgehead atoms. The average molecular weight is 434 g/mol. The quantitative estimate of drug-likeness (QED) is 0.511. The number of nitrogens with zero attached hydrogens (tertiary/aromatic N) is 2. The van der Waals surface area contributed by atoms with Crippen molar-refractivity contribution >= 4 is 23.3 Å². The Balaban J connectivity index is 1.43. The fourth-order valence-electron chi connectivity index (χ4n) is 4.02. The van der Waals surface area contributed by atoms with Gasteiger partial charge in [0.25, 0.3) is 0 Å². The van der Waals surface area contributed by atoms with Crippen LogP contribution in [0.2, 0.25) is 0 Å². The molecule has 2 amide bonds. The molecule has 166 valence electrons. The van der Waals surface area contributed by atoms with E-state index in [0.717, 1.165) is 5.56 Å². The first-order chi connectivity index (χ1) is 15.5. The molecule has 1 atom stereocenters. The fourth-order valence-corrected chi connectivity index (χ4v) is 4.02. The smallest absolute Gasteiger partial charge is 0.247 e. The summed E-state index contributed by atoms with van der Waals surface area (Å²) in [6, 6.07) is 17.4. The molecule has 8 nitrogen and oxygen atoms in total. The minimum atomic E-state index is -0.504. The first-order valence-electron chi connectivity index (χ1n) is 10.6. The third-order valence-corrected chi connectivity index (χ3v) is 5.67. The highest BCUT2D eigenvalue weighted by molar-refractivity contribution is 5.95. The molecule has 0 aliphatic carbocycles.